The molecule has 1 rings (SSSR count). The standard InChI is InChI=1S/C15H20O5/c1-15(2,3)20-13(16)9-10-6-7-12(18-4)11(8-10)14(17)19-5/h6-8H,9H2,1-5H3. The summed E-state index contributed by atoms with van der Waals surface area (Å²) < 4.78 is 15.0. The molecule has 0 heterocycles. The van der Waals surface area contributed by atoms with Crippen molar-refractivity contribution in [3.63, 3.8) is 0 Å². The number of hydrogen-bond acceptors (Lipinski definition) is 5. The van der Waals surface area contributed by atoms with E-state index in [0.29, 0.717) is 11.3 Å². The third-order valence-electron chi connectivity index (χ3n) is 2.44. The lowest BCUT2D eigenvalue weighted by Gasteiger charge is -2.19. The minimum Gasteiger partial charge on any atom is -0.496 e. The first kappa shape index (κ1) is 16.0. The van der Waals surface area contributed by atoms with Crippen LogP contribution in [0.25, 0.3) is 0 Å². The molecule has 5 nitrogen and oxygen atoms in total. The number of esters is 2. The molecule has 0 aromatic heterocycles. The highest BCUT2D eigenvalue weighted by atomic mass is 16.6. The minimum atomic E-state index is -0.533. The number of benzene rings is 1. The van der Waals surface area contributed by atoms with Crippen molar-refractivity contribution in [1.29, 1.82) is 0 Å². The molecule has 0 amide bonds. The van der Waals surface area contributed by atoms with Crippen LogP contribution in [0.2, 0.25) is 0 Å². The molecular weight excluding hydrogens is 260 g/mol. The summed E-state index contributed by atoms with van der Waals surface area (Å²) in [7, 11) is 2.76. The van der Waals surface area contributed by atoms with E-state index < -0.39 is 11.6 Å². The Morgan fingerprint density at radius 2 is 1.80 bits per heavy atom. The van der Waals surface area contributed by atoms with E-state index in [1.54, 1.807) is 39.0 Å². The molecule has 0 atom stereocenters. The van der Waals surface area contributed by atoms with Gasteiger partial charge in [0, 0.05) is 0 Å². The molecule has 110 valence electrons. The van der Waals surface area contributed by atoms with Crippen LogP contribution in [-0.2, 0) is 20.7 Å². The van der Waals surface area contributed by atoms with Crippen LogP contribution in [0.15, 0.2) is 18.2 Å². The van der Waals surface area contributed by atoms with Crippen LogP contribution in [0.3, 0.4) is 0 Å². The fourth-order valence-electron chi connectivity index (χ4n) is 1.68. The van der Waals surface area contributed by atoms with Crippen molar-refractivity contribution < 1.29 is 23.8 Å². The van der Waals surface area contributed by atoms with Crippen LogP contribution in [0.4, 0.5) is 0 Å². The average Bonchev–Trinajstić information content (AvgIpc) is 2.35. The van der Waals surface area contributed by atoms with Crippen molar-refractivity contribution in [2.75, 3.05) is 14.2 Å². The lowest BCUT2D eigenvalue weighted by Crippen LogP contribution is -2.25. The van der Waals surface area contributed by atoms with Gasteiger partial charge in [-0.25, -0.2) is 4.79 Å². The predicted molar refractivity (Wildman–Crippen MR) is 73.9 cm³/mol. The van der Waals surface area contributed by atoms with Crippen molar-refractivity contribution in [3.8, 4) is 5.75 Å². The summed E-state index contributed by atoms with van der Waals surface area (Å²) in [5, 5.41) is 0. The molecule has 5 heteroatoms. The van der Waals surface area contributed by atoms with Crippen molar-refractivity contribution >= 4 is 11.9 Å². The average molecular weight is 280 g/mol. The molecule has 0 aliphatic heterocycles. The summed E-state index contributed by atoms with van der Waals surface area (Å²) in [6.07, 6.45) is 0.0886. The van der Waals surface area contributed by atoms with Crippen LogP contribution in [0.5, 0.6) is 5.75 Å². The topological polar surface area (TPSA) is 61.8 Å². The predicted octanol–water partition coefficient (Wildman–Crippen LogP) is 2.37. The van der Waals surface area contributed by atoms with Crippen molar-refractivity contribution in [2.24, 2.45) is 0 Å². The van der Waals surface area contributed by atoms with Gasteiger partial charge in [-0.3, -0.25) is 4.79 Å². The number of carbonyl (C=O) groups excluding carboxylic acids is 2. The van der Waals surface area contributed by atoms with Crippen LogP contribution in [0, 0.1) is 0 Å². The smallest absolute Gasteiger partial charge is 0.341 e. The second-order valence-corrected chi connectivity index (χ2v) is 5.29. The third kappa shape index (κ3) is 4.57. The Hall–Kier alpha value is -2.04. The maximum atomic E-state index is 11.8. The van der Waals surface area contributed by atoms with E-state index in [4.69, 9.17) is 9.47 Å². The van der Waals surface area contributed by atoms with Crippen LogP contribution in [0.1, 0.15) is 36.7 Å². The van der Waals surface area contributed by atoms with E-state index in [1.165, 1.54) is 14.2 Å². The Labute approximate surface area is 118 Å². The monoisotopic (exact) mass is 280 g/mol. The molecule has 0 unspecified atom stereocenters. The van der Waals surface area contributed by atoms with Gasteiger partial charge in [-0.1, -0.05) is 6.07 Å². The van der Waals surface area contributed by atoms with Crippen molar-refractivity contribution in [3.05, 3.63) is 29.3 Å². The largest absolute Gasteiger partial charge is 0.496 e. The maximum Gasteiger partial charge on any atom is 0.341 e. The zero-order valence-electron chi connectivity index (χ0n) is 12.5. The first-order valence-corrected chi connectivity index (χ1v) is 6.24. The summed E-state index contributed by atoms with van der Waals surface area (Å²) in [6, 6.07) is 4.93. The van der Waals surface area contributed by atoms with Gasteiger partial charge in [0.2, 0.25) is 0 Å². The van der Waals surface area contributed by atoms with E-state index >= 15 is 0 Å². The Morgan fingerprint density at radius 1 is 1.15 bits per heavy atom. The molecule has 0 radical (unpaired) electrons. The van der Waals surface area contributed by atoms with Crippen LogP contribution in [-0.4, -0.2) is 31.8 Å². The van der Waals surface area contributed by atoms with Crippen LogP contribution >= 0.6 is 0 Å². The summed E-state index contributed by atoms with van der Waals surface area (Å²) in [5.41, 5.74) is 0.422. The van der Waals surface area contributed by atoms with E-state index in [2.05, 4.69) is 4.74 Å². The molecule has 1 aromatic rings. The van der Waals surface area contributed by atoms with Crippen molar-refractivity contribution in [1.82, 2.24) is 0 Å². The molecule has 20 heavy (non-hydrogen) atoms. The number of hydrogen-bond donors (Lipinski definition) is 0. The van der Waals surface area contributed by atoms with Gasteiger partial charge in [0.15, 0.2) is 0 Å². The quantitative estimate of drug-likeness (QED) is 0.792. The minimum absolute atomic E-state index is 0.0886. The molecule has 0 aliphatic rings. The molecule has 0 N–H and O–H groups in total. The van der Waals surface area contributed by atoms with Crippen molar-refractivity contribution in [2.45, 2.75) is 32.8 Å². The van der Waals surface area contributed by atoms with E-state index in [9.17, 15) is 9.59 Å². The fraction of sp³-hybridized carbons (Fsp3) is 0.467. The SMILES string of the molecule is COC(=O)c1cc(CC(=O)OC(C)(C)C)ccc1OC. The third-order valence-corrected chi connectivity index (χ3v) is 2.44. The lowest BCUT2D eigenvalue weighted by molar-refractivity contribution is -0.153. The molecule has 0 spiro atoms. The van der Waals surface area contributed by atoms with E-state index in [1.807, 2.05) is 0 Å². The van der Waals surface area contributed by atoms with Crippen LogP contribution < -0.4 is 4.74 Å². The summed E-state index contributed by atoms with van der Waals surface area (Å²) in [5.74, 6) is -0.448. The first-order chi connectivity index (χ1) is 9.26. The summed E-state index contributed by atoms with van der Waals surface area (Å²) >= 11 is 0. The highest BCUT2D eigenvalue weighted by Crippen LogP contribution is 2.21. The van der Waals surface area contributed by atoms with Gasteiger partial charge in [-0.2, -0.15) is 0 Å². The number of ether oxygens (including phenoxy) is 3. The Morgan fingerprint density at radius 3 is 2.30 bits per heavy atom. The summed E-state index contributed by atoms with van der Waals surface area (Å²) in [6.45, 7) is 5.41. The summed E-state index contributed by atoms with van der Waals surface area (Å²) in [4.78, 5) is 23.4. The molecule has 0 aliphatic carbocycles. The van der Waals surface area contributed by atoms with E-state index in [0.717, 1.165) is 0 Å². The van der Waals surface area contributed by atoms with Gasteiger partial charge >= 0.3 is 11.9 Å². The number of rotatable bonds is 4. The van der Waals surface area contributed by atoms with Gasteiger partial charge in [-0.15, -0.1) is 0 Å². The second kappa shape index (κ2) is 6.41. The molecule has 0 bridgehead atoms. The first-order valence-electron chi connectivity index (χ1n) is 6.24. The molecule has 0 fully saturated rings. The lowest BCUT2D eigenvalue weighted by atomic mass is 10.1. The zero-order valence-corrected chi connectivity index (χ0v) is 12.5. The highest BCUT2D eigenvalue weighted by molar-refractivity contribution is 5.93. The van der Waals surface area contributed by atoms with Gasteiger partial charge in [0.25, 0.3) is 0 Å². The Kier molecular flexibility index (Phi) is 5.13. The van der Waals surface area contributed by atoms with Gasteiger partial charge < -0.3 is 14.2 Å². The Balaban J connectivity index is 2.92. The molecular formula is C15H20O5. The fourth-order valence-corrected chi connectivity index (χ4v) is 1.68. The highest BCUT2D eigenvalue weighted by Gasteiger charge is 2.18. The molecule has 0 saturated carbocycles. The van der Waals surface area contributed by atoms with E-state index in [-0.39, 0.29) is 18.0 Å². The Bertz CT molecular complexity index is 499. The van der Waals surface area contributed by atoms with Gasteiger partial charge in [0.1, 0.15) is 16.9 Å². The number of methoxy groups -OCH3 is 2. The zero-order chi connectivity index (χ0) is 15.3. The second-order valence-electron chi connectivity index (χ2n) is 5.29. The normalized spacial score (nSPS) is 10.8. The number of carbonyl (C=O) groups is 2. The molecule has 1 aromatic carbocycles. The maximum absolute atomic E-state index is 11.8. The van der Waals surface area contributed by atoms with Gasteiger partial charge in [-0.05, 0) is 38.5 Å². The molecule has 0 saturated heterocycles. The van der Waals surface area contributed by atoms with Gasteiger partial charge in [0.05, 0.1) is 20.6 Å².